The van der Waals surface area contributed by atoms with Crippen molar-refractivity contribution < 1.29 is 5.11 Å². The van der Waals surface area contributed by atoms with Crippen LogP contribution in [-0.4, -0.2) is 33.7 Å². The van der Waals surface area contributed by atoms with Gasteiger partial charge in [-0.1, -0.05) is 31.0 Å². The fourth-order valence-corrected chi connectivity index (χ4v) is 2.77. The standard InChI is InChI=1S/C14H21ClN2O/c1-2-13(18)12-5-3-4-8-17(12)10-11-6-7-14(15)16-9-11/h6-7,9,12-13,18H,2-5,8,10H2,1H3/t12-,13-/m1/s1. The van der Waals surface area contributed by atoms with Crippen LogP contribution in [0.25, 0.3) is 0 Å². The Kier molecular flexibility index (Phi) is 4.98. The Bertz CT molecular complexity index is 369. The molecule has 0 saturated carbocycles. The van der Waals surface area contributed by atoms with E-state index in [9.17, 15) is 5.11 Å². The van der Waals surface area contributed by atoms with Gasteiger partial charge in [0.1, 0.15) is 5.15 Å². The van der Waals surface area contributed by atoms with E-state index in [0.717, 1.165) is 31.5 Å². The second kappa shape index (κ2) is 6.50. The Morgan fingerprint density at radius 2 is 2.33 bits per heavy atom. The van der Waals surface area contributed by atoms with E-state index >= 15 is 0 Å². The monoisotopic (exact) mass is 268 g/mol. The average Bonchev–Trinajstić information content (AvgIpc) is 2.41. The quantitative estimate of drug-likeness (QED) is 0.853. The largest absolute Gasteiger partial charge is 0.392 e. The van der Waals surface area contributed by atoms with E-state index in [0.29, 0.717) is 11.2 Å². The Morgan fingerprint density at radius 3 is 3.00 bits per heavy atom. The highest BCUT2D eigenvalue weighted by Crippen LogP contribution is 2.23. The Morgan fingerprint density at radius 1 is 1.50 bits per heavy atom. The molecule has 1 fully saturated rings. The van der Waals surface area contributed by atoms with Gasteiger partial charge in [0.2, 0.25) is 0 Å². The predicted octanol–water partition coefficient (Wildman–Crippen LogP) is 2.86. The summed E-state index contributed by atoms with van der Waals surface area (Å²) in [5.74, 6) is 0. The molecule has 0 aromatic carbocycles. The molecule has 1 aliphatic rings. The first-order valence-corrected chi connectivity index (χ1v) is 7.11. The zero-order valence-corrected chi connectivity index (χ0v) is 11.6. The summed E-state index contributed by atoms with van der Waals surface area (Å²) < 4.78 is 0. The maximum Gasteiger partial charge on any atom is 0.129 e. The van der Waals surface area contributed by atoms with Gasteiger partial charge >= 0.3 is 0 Å². The molecule has 18 heavy (non-hydrogen) atoms. The second-order valence-corrected chi connectivity index (χ2v) is 5.39. The van der Waals surface area contributed by atoms with Crippen molar-refractivity contribution in [1.82, 2.24) is 9.88 Å². The third-order valence-corrected chi connectivity index (χ3v) is 3.92. The lowest BCUT2D eigenvalue weighted by Gasteiger charge is -2.38. The molecular formula is C14H21ClN2O. The minimum absolute atomic E-state index is 0.217. The van der Waals surface area contributed by atoms with Crippen LogP contribution in [0.5, 0.6) is 0 Å². The first kappa shape index (κ1) is 13.8. The molecule has 0 aliphatic carbocycles. The number of nitrogens with zero attached hydrogens (tertiary/aromatic N) is 2. The number of hydrogen-bond acceptors (Lipinski definition) is 3. The Hall–Kier alpha value is -0.640. The molecule has 0 radical (unpaired) electrons. The van der Waals surface area contributed by atoms with E-state index < -0.39 is 0 Å². The zero-order chi connectivity index (χ0) is 13.0. The minimum atomic E-state index is -0.217. The lowest BCUT2D eigenvalue weighted by molar-refractivity contribution is 0.0195. The molecule has 1 aromatic heterocycles. The first-order valence-electron chi connectivity index (χ1n) is 6.73. The number of rotatable bonds is 4. The van der Waals surface area contributed by atoms with Gasteiger partial charge in [0.05, 0.1) is 6.10 Å². The molecule has 1 aromatic rings. The van der Waals surface area contributed by atoms with E-state index in [2.05, 4.69) is 9.88 Å². The molecule has 2 atom stereocenters. The van der Waals surface area contributed by atoms with Crippen LogP contribution < -0.4 is 0 Å². The molecule has 0 amide bonds. The van der Waals surface area contributed by atoms with Crippen molar-refractivity contribution in [3.05, 3.63) is 29.0 Å². The van der Waals surface area contributed by atoms with E-state index in [-0.39, 0.29) is 6.10 Å². The summed E-state index contributed by atoms with van der Waals surface area (Å²) in [5.41, 5.74) is 1.16. The van der Waals surface area contributed by atoms with Crippen LogP contribution >= 0.6 is 11.6 Å². The third-order valence-electron chi connectivity index (χ3n) is 3.70. The molecule has 2 rings (SSSR count). The van der Waals surface area contributed by atoms with Gasteiger partial charge in [-0.2, -0.15) is 0 Å². The second-order valence-electron chi connectivity index (χ2n) is 5.00. The number of aliphatic hydroxyl groups excluding tert-OH is 1. The highest BCUT2D eigenvalue weighted by Gasteiger charge is 2.27. The van der Waals surface area contributed by atoms with Crippen molar-refractivity contribution in [2.75, 3.05) is 6.54 Å². The number of aromatic nitrogens is 1. The first-order chi connectivity index (χ1) is 8.70. The van der Waals surface area contributed by atoms with Crippen LogP contribution in [-0.2, 0) is 6.54 Å². The molecule has 0 spiro atoms. The van der Waals surface area contributed by atoms with Crippen LogP contribution in [0.1, 0.15) is 38.2 Å². The molecule has 3 nitrogen and oxygen atoms in total. The fourth-order valence-electron chi connectivity index (χ4n) is 2.66. The number of aliphatic hydroxyl groups is 1. The van der Waals surface area contributed by atoms with Gasteiger partial charge < -0.3 is 5.11 Å². The maximum absolute atomic E-state index is 10.1. The molecule has 1 saturated heterocycles. The number of likely N-dealkylation sites (tertiary alicyclic amines) is 1. The maximum atomic E-state index is 10.1. The number of halogens is 1. The van der Waals surface area contributed by atoms with Crippen molar-refractivity contribution in [3.8, 4) is 0 Å². The lowest BCUT2D eigenvalue weighted by Crippen LogP contribution is -2.46. The smallest absolute Gasteiger partial charge is 0.129 e. The number of pyridine rings is 1. The van der Waals surface area contributed by atoms with Crippen molar-refractivity contribution in [1.29, 1.82) is 0 Å². The van der Waals surface area contributed by atoms with E-state index in [1.807, 2.05) is 25.3 Å². The third kappa shape index (κ3) is 3.44. The summed E-state index contributed by atoms with van der Waals surface area (Å²) >= 11 is 5.79. The zero-order valence-electron chi connectivity index (χ0n) is 10.8. The van der Waals surface area contributed by atoms with Crippen molar-refractivity contribution >= 4 is 11.6 Å². The van der Waals surface area contributed by atoms with Gasteiger partial charge in [0, 0.05) is 18.8 Å². The van der Waals surface area contributed by atoms with Crippen LogP contribution in [0.2, 0.25) is 5.15 Å². The molecule has 1 N–H and O–H groups in total. The molecule has 4 heteroatoms. The van der Waals surface area contributed by atoms with Gasteiger partial charge in [-0.3, -0.25) is 4.90 Å². The van der Waals surface area contributed by atoms with Crippen LogP contribution in [0.15, 0.2) is 18.3 Å². The summed E-state index contributed by atoms with van der Waals surface area (Å²) in [6.07, 6.45) is 5.96. The molecular weight excluding hydrogens is 248 g/mol. The summed E-state index contributed by atoms with van der Waals surface area (Å²) in [6, 6.07) is 4.13. The SMILES string of the molecule is CC[C@@H](O)[C@H]1CCCCN1Cc1ccc(Cl)nc1. The molecule has 1 aliphatic heterocycles. The van der Waals surface area contributed by atoms with Gasteiger partial charge in [-0.05, 0) is 37.4 Å². The topological polar surface area (TPSA) is 36.4 Å². The average molecular weight is 269 g/mol. The molecule has 2 heterocycles. The van der Waals surface area contributed by atoms with Gasteiger partial charge in [0.15, 0.2) is 0 Å². The van der Waals surface area contributed by atoms with Crippen LogP contribution in [0.3, 0.4) is 0 Å². The summed E-state index contributed by atoms with van der Waals surface area (Å²) in [5, 5.41) is 10.6. The van der Waals surface area contributed by atoms with Gasteiger partial charge in [-0.15, -0.1) is 0 Å². The van der Waals surface area contributed by atoms with Crippen molar-refractivity contribution in [3.63, 3.8) is 0 Å². The minimum Gasteiger partial charge on any atom is -0.392 e. The normalized spacial score (nSPS) is 22.9. The van der Waals surface area contributed by atoms with E-state index in [1.54, 1.807) is 0 Å². The molecule has 0 unspecified atom stereocenters. The number of piperidine rings is 1. The highest BCUT2D eigenvalue weighted by molar-refractivity contribution is 6.29. The van der Waals surface area contributed by atoms with Crippen molar-refractivity contribution in [2.45, 2.75) is 51.3 Å². The Balaban J connectivity index is 2.03. The summed E-state index contributed by atoms with van der Waals surface area (Å²) in [7, 11) is 0. The van der Waals surface area contributed by atoms with Crippen molar-refractivity contribution in [2.24, 2.45) is 0 Å². The fraction of sp³-hybridized carbons (Fsp3) is 0.643. The summed E-state index contributed by atoms with van der Waals surface area (Å²) in [6.45, 7) is 3.96. The van der Waals surface area contributed by atoms with Crippen LogP contribution in [0.4, 0.5) is 0 Å². The van der Waals surface area contributed by atoms with E-state index in [1.165, 1.54) is 12.8 Å². The summed E-state index contributed by atoms with van der Waals surface area (Å²) in [4.78, 5) is 6.49. The van der Waals surface area contributed by atoms with Gasteiger partial charge in [-0.25, -0.2) is 4.98 Å². The Labute approximate surface area is 114 Å². The van der Waals surface area contributed by atoms with Gasteiger partial charge in [0.25, 0.3) is 0 Å². The number of hydrogen-bond donors (Lipinski definition) is 1. The molecule has 0 bridgehead atoms. The highest BCUT2D eigenvalue weighted by atomic mass is 35.5. The lowest BCUT2D eigenvalue weighted by atomic mass is 9.95. The van der Waals surface area contributed by atoms with Crippen LogP contribution in [0, 0.1) is 0 Å². The molecule has 100 valence electrons. The van der Waals surface area contributed by atoms with E-state index in [4.69, 9.17) is 11.6 Å². The predicted molar refractivity (Wildman–Crippen MR) is 73.6 cm³/mol.